The van der Waals surface area contributed by atoms with Crippen LogP contribution in [0, 0.1) is 9.39 Å². The molecule has 144 valence electrons. The Morgan fingerprint density at radius 2 is 1.79 bits per heavy atom. The van der Waals surface area contributed by atoms with Crippen molar-refractivity contribution >= 4 is 40.5 Å². The van der Waals surface area contributed by atoms with Gasteiger partial charge in [0.05, 0.1) is 0 Å². The van der Waals surface area contributed by atoms with Crippen molar-refractivity contribution in [2.24, 2.45) is 4.99 Å². The second-order valence-electron chi connectivity index (χ2n) is 6.33. The zero-order chi connectivity index (χ0) is 20.2. The summed E-state index contributed by atoms with van der Waals surface area (Å²) in [6, 6.07) is 21.2. The van der Waals surface area contributed by atoms with E-state index in [0.29, 0.717) is 12.2 Å². The molecular weight excluding hydrogens is 484 g/mol. The van der Waals surface area contributed by atoms with Gasteiger partial charge in [0.1, 0.15) is 18.2 Å². The Kier molecular flexibility index (Phi) is 5.71. The van der Waals surface area contributed by atoms with Gasteiger partial charge >= 0.3 is 5.97 Å². The van der Waals surface area contributed by atoms with E-state index in [1.807, 2.05) is 48.5 Å². The number of aliphatic imine (C=N–C) groups is 1. The molecule has 1 heterocycles. The van der Waals surface area contributed by atoms with E-state index >= 15 is 0 Å². The number of carbonyl (C=O) groups is 1. The molecule has 0 aliphatic carbocycles. The molecule has 1 aliphatic rings. The highest BCUT2D eigenvalue weighted by molar-refractivity contribution is 14.1. The van der Waals surface area contributed by atoms with E-state index in [-0.39, 0.29) is 11.6 Å². The molecule has 6 heteroatoms. The molecule has 0 saturated heterocycles. The molecule has 1 aliphatic heterocycles. The van der Waals surface area contributed by atoms with E-state index in [4.69, 9.17) is 9.47 Å². The maximum absolute atomic E-state index is 13.4. The number of esters is 1. The van der Waals surface area contributed by atoms with Crippen LogP contribution in [0.25, 0.3) is 6.08 Å². The van der Waals surface area contributed by atoms with Gasteiger partial charge in [-0.3, -0.25) is 0 Å². The zero-order valence-electron chi connectivity index (χ0n) is 15.1. The smallest absolute Gasteiger partial charge is 0.363 e. The molecule has 3 aromatic rings. The summed E-state index contributed by atoms with van der Waals surface area (Å²) >= 11 is 2.26. The van der Waals surface area contributed by atoms with Crippen LogP contribution in [0.15, 0.2) is 83.5 Å². The van der Waals surface area contributed by atoms with E-state index in [2.05, 4.69) is 27.6 Å². The van der Waals surface area contributed by atoms with Crippen LogP contribution < -0.4 is 4.74 Å². The topological polar surface area (TPSA) is 47.9 Å². The Balaban J connectivity index is 1.45. The molecule has 0 saturated carbocycles. The molecule has 0 spiro atoms. The monoisotopic (exact) mass is 499 g/mol. The van der Waals surface area contributed by atoms with Crippen LogP contribution >= 0.6 is 22.6 Å². The molecule has 4 rings (SSSR count). The summed E-state index contributed by atoms with van der Waals surface area (Å²) < 4.78 is 25.5. The minimum absolute atomic E-state index is 0.0956. The highest BCUT2D eigenvalue weighted by atomic mass is 127. The Labute approximate surface area is 180 Å². The fourth-order valence-electron chi connectivity index (χ4n) is 2.72. The fourth-order valence-corrected chi connectivity index (χ4v) is 3.08. The number of cyclic esters (lactones) is 1. The fraction of sp³-hybridized carbons (Fsp3) is 0.0435. The number of hydrogen-bond acceptors (Lipinski definition) is 4. The second kappa shape index (κ2) is 8.57. The predicted octanol–water partition coefficient (Wildman–Crippen LogP) is 5.35. The first-order chi connectivity index (χ1) is 14.1. The van der Waals surface area contributed by atoms with Crippen LogP contribution in [0.3, 0.4) is 0 Å². The van der Waals surface area contributed by atoms with Crippen molar-refractivity contribution in [1.82, 2.24) is 0 Å². The number of carbonyl (C=O) groups excluding carboxylic acids is 1. The number of rotatable bonds is 5. The average Bonchev–Trinajstić information content (AvgIpc) is 3.09. The summed E-state index contributed by atoms with van der Waals surface area (Å²) in [5, 5.41) is 0. The van der Waals surface area contributed by atoms with Crippen molar-refractivity contribution in [2.75, 3.05) is 0 Å². The van der Waals surface area contributed by atoms with Crippen LogP contribution in [-0.2, 0) is 16.1 Å². The lowest BCUT2D eigenvalue weighted by Gasteiger charge is -2.06. The lowest BCUT2D eigenvalue weighted by molar-refractivity contribution is -0.129. The van der Waals surface area contributed by atoms with Gasteiger partial charge in [-0.15, -0.1) is 0 Å². The van der Waals surface area contributed by atoms with Gasteiger partial charge in [0, 0.05) is 9.13 Å². The molecule has 0 unspecified atom stereocenters. The highest BCUT2D eigenvalue weighted by Crippen LogP contribution is 2.21. The third-order valence-corrected chi connectivity index (χ3v) is 4.91. The number of benzene rings is 3. The molecule has 0 N–H and O–H groups in total. The van der Waals surface area contributed by atoms with Crippen molar-refractivity contribution in [2.45, 2.75) is 6.61 Å². The van der Waals surface area contributed by atoms with Crippen molar-refractivity contribution in [3.8, 4) is 5.75 Å². The summed E-state index contributed by atoms with van der Waals surface area (Å²) in [4.78, 5) is 16.3. The molecule has 0 atom stereocenters. The van der Waals surface area contributed by atoms with E-state index in [0.717, 1.165) is 16.9 Å². The van der Waals surface area contributed by atoms with E-state index < -0.39 is 11.8 Å². The van der Waals surface area contributed by atoms with Crippen molar-refractivity contribution in [3.05, 3.63) is 105 Å². The standard InChI is InChI=1S/C23H15FINO3/c24-18-3-1-2-17(13-18)22-26-21(23(27)29-22)12-15-6-10-20(11-7-15)28-14-16-4-8-19(25)9-5-16/h1-13H,14H2/b21-12-. The van der Waals surface area contributed by atoms with Gasteiger partial charge in [0.25, 0.3) is 0 Å². The maximum atomic E-state index is 13.4. The Morgan fingerprint density at radius 3 is 2.52 bits per heavy atom. The third kappa shape index (κ3) is 4.89. The van der Waals surface area contributed by atoms with Gasteiger partial charge in [0.15, 0.2) is 5.70 Å². The molecule has 29 heavy (non-hydrogen) atoms. The van der Waals surface area contributed by atoms with Crippen LogP contribution in [0.1, 0.15) is 16.7 Å². The Hall–Kier alpha value is -3.00. The van der Waals surface area contributed by atoms with Gasteiger partial charge in [-0.05, 0) is 82.3 Å². The highest BCUT2D eigenvalue weighted by Gasteiger charge is 2.24. The molecule has 0 fully saturated rings. The first-order valence-electron chi connectivity index (χ1n) is 8.83. The first kappa shape index (κ1) is 19.3. The molecular formula is C23H15FINO3. The minimum Gasteiger partial charge on any atom is -0.489 e. The van der Waals surface area contributed by atoms with E-state index in [1.165, 1.54) is 21.8 Å². The minimum atomic E-state index is -0.566. The SMILES string of the molecule is O=C1OC(c2cccc(F)c2)=N/C1=C\c1ccc(OCc2ccc(I)cc2)cc1. The molecule has 0 aromatic heterocycles. The normalized spacial score (nSPS) is 14.6. The van der Waals surface area contributed by atoms with Crippen molar-refractivity contribution in [3.63, 3.8) is 0 Å². The first-order valence-corrected chi connectivity index (χ1v) is 9.90. The van der Waals surface area contributed by atoms with Gasteiger partial charge in [-0.1, -0.05) is 30.3 Å². The predicted molar refractivity (Wildman–Crippen MR) is 117 cm³/mol. The number of ether oxygens (including phenoxy) is 2. The van der Waals surface area contributed by atoms with Crippen molar-refractivity contribution < 1.29 is 18.7 Å². The summed E-state index contributed by atoms with van der Waals surface area (Å²) in [6.07, 6.45) is 1.62. The summed E-state index contributed by atoms with van der Waals surface area (Å²) in [5.74, 6) is -0.162. The summed E-state index contributed by atoms with van der Waals surface area (Å²) in [5.41, 5.74) is 2.45. The van der Waals surface area contributed by atoms with E-state index in [1.54, 1.807) is 12.1 Å². The Morgan fingerprint density at radius 1 is 1.03 bits per heavy atom. The van der Waals surface area contributed by atoms with Crippen LogP contribution in [0.2, 0.25) is 0 Å². The maximum Gasteiger partial charge on any atom is 0.363 e. The molecule has 0 bridgehead atoms. The van der Waals surface area contributed by atoms with Gasteiger partial charge in [-0.2, -0.15) is 0 Å². The number of halogens is 2. The quantitative estimate of drug-likeness (QED) is 0.270. The largest absolute Gasteiger partial charge is 0.489 e. The lowest BCUT2D eigenvalue weighted by Crippen LogP contribution is -2.05. The zero-order valence-corrected chi connectivity index (χ0v) is 17.3. The number of nitrogens with zero attached hydrogens (tertiary/aromatic N) is 1. The molecule has 0 amide bonds. The van der Waals surface area contributed by atoms with Crippen LogP contribution in [-0.4, -0.2) is 11.9 Å². The molecule has 4 nitrogen and oxygen atoms in total. The molecule has 0 radical (unpaired) electrons. The summed E-state index contributed by atoms with van der Waals surface area (Å²) in [7, 11) is 0. The van der Waals surface area contributed by atoms with Crippen LogP contribution in [0.4, 0.5) is 4.39 Å². The second-order valence-corrected chi connectivity index (χ2v) is 7.58. The van der Waals surface area contributed by atoms with E-state index in [9.17, 15) is 9.18 Å². The van der Waals surface area contributed by atoms with Gasteiger partial charge < -0.3 is 9.47 Å². The Bertz CT molecular complexity index is 1110. The summed E-state index contributed by atoms with van der Waals surface area (Å²) in [6.45, 7) is 0.477. The van der Waals surface area contributed by atoms with Crippen LogP contribution in [0.5, 0.6) is 5.75 Å². The third-order valence-electron chi connectivity index (χ3n) is 4.19. The van der Waals surface area contributed by atoms with Gasteiger partial charge in [0.2, 0.25) is 5.90 Å². The lowest BCUT2D eigenvalue weighted by atomic mass is 10.2. The van der Waals surface area contributed by atoms with Gasteiger partial charge in [-0.25, -0.2) is 14.2 Å². The molecule has 3 aromatic carbocycles. The van der Waals surface area contributed by atoms with Crippen molar-refractivity contribution in [1.29, 1.82) is 0 Å². The number of hydrogen-bond donors (Lipinski definition) is 0. The average molecular weight is 499 g/mol.